The van der Waals surface area contributed by atoms with Crippen molar-refractivity contribution < 1.29 is 4.74 Å². The molecule has 1 fully saturated rings. The van der Waals surface area contributed by atoms with Gasteiger partial charge in [0, 0.05) is 33.2 Å². The summed E-state index contributed by atoms with van der Waals surface area (Å²) in [6, 6.07) is 0. The van der Waals surface area contributed by atoms with Crippen LogP contribution in [0, 0.1) is 0 Å². The number of thiazole rings is 1. The van der Waals surface area contributed by atoms with Crippen molar-refractivity contribution in [3.05, 3.63) is 20.8 Å². The van der Waals surface area contributed by atoms with Gasteiger partial charge in [0.2, 0.25) is 0 Å². The van der Waals surface area contributed by atoms with Crippen molar-refractivity contribution in [2.75, 3.05) is 38.6 Å². The van der Waals surface area contributed by atoms with Gasteiger partial charge in [-0.15, -0.1) is 0 Å². The molecular weight excluding hydrogens is 294 g/mol. The van der Waals surface area contributed by atoms with E-state index < -0.39 is 0 Å². The summed E-state index contributed by atoms with van der Waals surface area (Å²) in [7, 11) is 1.61. The molecule has 0 spiro atoms. The Morgan fingerprint density at radius 1 is 1.29 bits per heavy atom. The third-order valence-corrected chi connectivity index (χ3v) is 4.51. The molecular formula is C12H17N5O3S. The van der Waals surface area contributed by atoms with E-state index in [2.05, 4.69) is 9.88 Å². The van der Waals surface area contributed by atoms with Crippen molar-refractivity contribution >= 4 is 26.8 Å². The number of morpholine rings is 1. The summed E-state index contributed by atoms with van der Waals surface area (Å²) in [6.07, 6.45) is 0. The third-order valence-electron chi connectivity index (χ3n) is 3.64. The van der Waals surface area contributed by atoms with Crippen molar-refractivity contribution in [1.82, 2.24) is 19.0 Å². The minimum absolute atomic E-state index is 0.294. The summed E-state index contributed by atoms with van der Waals surface area (Å²) in [6.45, 7) is 4.04. The van der Waals surface area contributed by atoms with Crippen LogP contribution in [-0.2, 0) is 18.3 Å². The van der Waals surface area contributed by atoms with E-state index >= 15 is 0 Å². The van der Waals surface area contributed by atoms with Crippen molar-refractivity contribution in [3.63, 3.8) is 0 Å². The SMILES string of the molecule is Cn1c(=O)n(CCN2CCOCC2)c(=O)c2sc(N)nc21. The predicted molar refractivity (Wildman–Crippen MR) is 80.8 cm³/mol. The second-order valence-corrected chi connectivity index (χ2v) is 5.99. The van der Waals surface area contributed by atoms with E-state index in [9.17, 15) is 9.59 Å². The molecule has 2 aromatic rings. The van der Waals surface area contributed by atoms with Gasteiger partial charge in [-0.1, -0.05) is 11.3 Å². The molecule has 0 aromatic carbocycles. The Kier molecular flexibility index (Phi) is 3.79. The first-order valence-corrected chi connectivity index (χ1v) is 7.55. The summed E-state index contributed by atoms with van der Waals surface area (Å²) in [4.78, 5) is 30.9. The number of nitrogens with two attached hydrogens (primary N) is 1. The van der Waals surface area contributed by atoms with Crippen molar-refractivity contribution in [1.29, 1.82) is 0 Å². The summed E-state index contributed by atoms with van der Waals surface area (Å²) < 4.78 is 8.35. The Hall–Kier alpha value is -1.71. The highest BCUT2D eigenvalue weighted by Gasteiger charge is 2.16. The number of fused-ring (bicyclic) bond motifs is 1. The zero-order chi connectivity index (χ0) is 15.0. The molecule has 1 saturated heterocycles. The summed E-state index contributed by atoms with van der Waals surface area (Å²) in [5.41, 5.74) is 5.33. The van der Waals surface area contributed by atoms with Crippen molar-refractivity contribution in [3.8, 4) is 0 Å². The van der Waals surface area contributed by atoms with Gasteiger partial charge in [0.1, 0.15) is 4.70 Å². The molecule has 3 heterocycles. The van der Waals surface area contributed by atoms with Gasteiger partial charge in [0.15, 0.2) is 10.8 Å². The smallest absolute Gasteiger partial charge is 0.332 e. The number of rotatable bonds is 3. The van der Waals surface area contributed by atoms with Crippen LogP contribution in [0.25, 0.3) is 10.3 Å². The molecule has 0 aliphatic carbocycles. The molecule has 9 heteroatoms. The molecule has 0 radical (unpaired) electrons. The first kappa shape index (κ1) is 14.2. The number of hydrogen-bond donors (Lipinski definition) is 1. The number of anilines is 1. The first-order valence-electron chi connectivity index (χ1n) is 6.74. The highest BCUT2D eigenvalue weighted by Crippen LogP contribution is 2.18. The van der Waals surface area contributed by atoms with Crippen LogP contribution in [0.3, 0.4) is 0 Å². The van der Waals surface area contributed by atoms with E-state index in [1.54, 1.807) is 7.05 Å². The van der Waals surface area contributed by atoms with Gasteiger partial charge in [-0.05, 0) is 0 Å². The Balaban J connectivity index is 1.94. The summed E-state index contributed by atoms with van der Waals surface area (Å²) >= 11 is 1.12. The maximum Gasteiger partial charge on any atom is 0.332 e. The van der Waals surface area contributed by atoms with Crippen molar-refractivity contribution in [2.45, 2.75) is 6.54 Å². The Morgan fingerprint density at radius 2 is 2.00 bits per heavy atom. The van der Waals surface area contributed by atoms with E-state index in [1.165, 1.54) is 9.13 Å². The fourth-order valence-corrected chi connectivity index (χ4v) is 3.25. The van der Waals surface area contributed by atoms with E-state index in [-0.39, 0.29) is 11.2 Å². The first-order chi connectivity index (χ1) is 10.1. The van der Waals surface area contributed by atoms with E-state index in [0.717, 1.165) is 24.4 Å². The molecule has 1 aliphatic heterocycles. The van der Waals surface area contributed by atoms with Gasteiger partial charge in [0.25, 0.3) is 5.56 Å². The van der Waals surface area contributed by atoms with Crippen LogP contribution in [0.15, 0.2) is 9.59 Å². The van der Waals surface area contributed by atoms with Crippen LogP contribution in [-0.4, -0.2) is 51.9 Å². The van der Waals surface area contributed by atoms with Crippen LogP contribution >= 0.6 is 11.3 Å². The lowest BCUT2D eigenvalue weighted by atomic mass is 10.4. The maximum atomic E-state index is 12.4. The second-order valence-electron chi connectivity index (χ2n) is 4.96. The molecule has 0 atom stereocenters. The molecule has 0 amide bonds. The highest BCUT2D eigenvalue weighted by molar-refractivity contribution is 7.21. The number of aryl methyl sites for hydroxylation is 1. The fraction of sp³-hybridized carbons (Fsp3) is 0.583. The van der Waals surface area contributed by atoms with Crippen LogP contribution in [0.4, 0.5) is 5.13 Å². The monoisotopic (exact) mass is 311 g/mol. The molecule has 2 aromatic heterocycles. The summed E-state index contributed by atoms with van der Waals surface area (Å²) in [5, 5.41) is 0.294. The molecule has 21 heavy (non-hydrogen) atoms. The lowest BCUT2D eigenvalue weighted by Crippen LogP contribution is -2.44. The topological polar surface area (TPSA) is 95.4 Å². The third kappa shape index (κ3) is 2.59. The van der Waals surface area contributed by atoms with Crippen LogP contribution in [0.1, 0.15) is 0 Å². The Bertz CT molecular complexity index is 772. The number of nitrogens with zero attached hydrogens (tertiary/aromatic N) is 4. The predicted octanol–water partition coefficient (Wildman–Crippen LogP) is -0.929. The number of aromatic nitrogens is 3. The summed E-state index contributed by atoms with van der Waals surface area (Å²) in [5.74, 6) is 0. The van der Waals surface area contributed by atoms with Gasteiger partial charge in [-0.2, -0.15) is 0 Å². The standard InChI is InChI=1S/C12H17N5O3S/c1-15-9-8(21-11(13)14-9)10(18)17(12(15)19)3-2-16-4-6-20-7-5-16/h2-7H2,1H3,(H2,13,14). The highest BCUT2D eigenvalue weighted by atomic mass is 32.1. The molecule has 0 unspecified atom stereocenters. The van der Waals surface area contributed by atoms with Crippen LogP contribution in [0.5, 0.6) is 0 Å². The van der Waals surface area contributed by atoms with E-state index in [1.807, 2.05) is 0 Å². The van der Waals surface area contributed by atoms with Gasteiger partial charge in [-0.25, -0.2) is 9.78 Å². The molecule has 0 bridgehead atoms. The zero-order valence-corrected chi connectivity index (χ0v) is 12.6. The van der Waals surface area contributed by atoms with Crippen LogP contribution in [0.2, 0.25) is 0 Å². The largest absolute Gasteiger partial charge is 0.379 e. The average molecular weight is 311 g/mol. The Morgan fingerprint density at radius 3 is 2.71 bits per heavy atom. The lowest BCUT2D eigenvalue weighted by molar-refractivity contribution is 0.0361. The van der Waals surface area contributed by atoms with E-state index in [4.69, 9.17) is 10.5 Å². The zero-order valence-electron chi connectivity index (χ0n) is 11.7. The number of hydrogen-bond acceptors (Lipinski definition) is 7. The molecule has 8 nitrogen and oxygen atoms in total. The average Bonchev–Trinajstić information content (AvgIpc) is 2.88. The quantitative estimate of drug-likeness (QED) is 0.787. The Labute approximate surface area is 124 Å². The normalized spacial score (nSPS) is 16.6. The lowest BCUT2D eigenvalue weighted by Gasteiger charge is -2.26. The molecule has 2 N–H and O–H groups in total. The van der Waals surface area contributed by atoms with Crippen molar-refractivity contribution in [2.24, 2.45) is 7.05 Å². The van der Waals surface area contributed by atoms with Gasteiger partial charge >= 0.3 is 5.69 Å². The van der Waals surface area contributed by atoms with E-state index in [0.29, 0.717) is 41.8 Å². The van der Waals surface area contributed by atoms with Gasteiger partial charge < -0.3 is 10.5 Å². The number of ether oxygens (including phenoxy) is 1. The number of nitrogen functional groups attached to an aromatic ring is 1. The van der Waals surface area contributed by atoms with Gasteiger partial charge in [0.05, 0.1) is 13.2 Å². The minimum Gasteiger partial charge on any atom is -0.379 e. The maximum absolute atomic E-state index is 12.4. The minimum atomic E-state index is -0.356. The molecule has 1 aliphatic rings. The van der Waals surface area contributed by atoms with Gasteiger partial charge in [-0.3, -0.25) is 18.8 Å². The molecule has 114 valence electrons. The molecule has 3 rings (SSSR count). The van der Waals surface area contributed by atoms with Crippen LogP contribution < -0.4 is 17.0 Å². The molecule has 0 saturated carbocycles. The second kappa shape index (κ2) is 5.58. The fourth-order valence-electron chi connectivity index (χ4n) is 2.44.